The second kappa shape index (κ2) is 17.3. The summed E-state index contributed by atoms with van der Waals surface area (Å²) in [6, 6.07) is 13.6. The molecule has 41 heavy (non-hydrogen) atoms. The molecule has 0 aliphatic rings. The number of Topliss-reactive ketones (excluding diaryl/α,β-unsaturated/α-hetero) is 1. The van der Waals surface area contributed by atoms with E-state index in [1.165, 1.54) is 0 Å². The highest BCUT2D eigenvalue weighted by molar-refractivity contribution is 7.80. The number of allylic oxidation sites excluding steroid dienone is 1. The number of phenolic OH excluding ortho intramolecular Hbond substituents is 1. The van der Waals surface area contributed by atoms with Crippen molar-refractivity contribution in [3.05, 3.63) is 77.4 Å². The van der Waals surface area contributed by atoms with E-state index in [1.54, 1.807) is 30.3 Å². The first-order valence-corrected chi connectivity index (χ1v) is 13.6. The van der Waals surface area contributed by atoms with Crippen molar-refractivity contribution in [3.8, 4) is 5.75 Å². The number of thiocarbonyl (C=S) groups is 1. The summed E-state index contributed by atoms with van der Waals surface area (Å²) < 4.78 is 5.91. The number of hydrogen-bond acceptors (Lipinski definition) is 10. The first-order chi connectivity index (χ1) is 19.5. The number of aromatic hydroxyl groups is 1. The van der Waals surface area contributed by atoms with E-state index in [2.05, 4.69) is 16.0 Å². The number of nitrogens with one attached hydrogen (secondary N) is 3. The molecule has 2 amide bonds. The van der Waals surface area contributed by atoms with Crippen LogP contribution < -0.4 is 33.2 Å². The lowest BCUT2D eigenvalue weighted by Crippen LogP contribution is -2.56. The predicted molar refractivity (Wildman–Crippen MR) is 162 cm³/mol. The molecule has 10 N–H and O–H groups in total. The second-order valence-electron chi connectivity index (χ2n) is 9.86. The number of amides is 2. The van der Waals surface area contributed by atoms with Gasteiger partial charge in [0.25, 0.3) is 0 Å². The average Bonchev–Trinajstić information content (AvgIpc) is 2.94. The Morgan fingerprint density at radius 1 is 0.927 bits per heavy atom. The zero-order valence-electron chi connectivity index (χ0n) is 23.3. The van der Waals surface area contributed by atoms with Gasteiger partial charge >= 0.3 is 0 Å². The van der Waals surface area contributed by atoms with Crippen molar-refractivity contribution in [2.45, 2.75) is 57.3 Å². The van der Waals surface area contributed by atoms with Gasteiger partial charge in [0, 0.05) is 17.8 Å². The summed E-state index contributed by atoms with van der Waals surface area (Å²) in [4.78, 5) is 37.3. The Hall–Kier alpha value is -3.52. The van der Waals surface area contributed by atoms with Crippen LogP contribution in [0.2, 0.25) is 0 Å². The Kier molecular flexibility index (Phi) is 14.2. The molecule has 0 spiro atoms. The Morgan fingerprint density at radius 3 is 2.17 bits per heavy atom. The lowest BCUT2D eigenvalue weighted by atomic mass is 10.0. The first kappa shape index (κ1) is 33.7. The largest absolute Gasteiger partial charge is 0.508 e. The number of phenols is 1. The minimum Gasteiger partial charge on any atom is -0.508 e. The summed E-state index contributed by atoms with van der Waals surface area (Å²) in [6.45, 7) is 3.17. The normalized spacial score (nSPS) is 14.6. The maximum atomic E-state index is 12.6. The van der Waals surface area contributed by atoms with Crippen molar-refractivity contribution in [2.24, 2.45) is 17.2 Å². The number of ether oxygens (including phenoxy) is 1. The molecular weight excluding hydrogens is 544 g/mol. The molecule has 2 aromatic rings. The molecule has 2 aromatic carbocycles. The third-order valence-electron chi connectivity index (χ3n) is 5.99. The van der Waals surface area contributed by atoms with Crippen LogP contribution in [0, 0.1) is 0 Å². The standard InChI is InChI=1S/C29H40N6O5S/c1-18(2)12-22(30)28(32)40-29(23(31)13-20-8-10-21(36)11-9-20)34-15-26(38)33-16-27(39)35-24(25(37)17-41)14-19-6-4-3-5-7-19/h3-12,17,22-24,28-29,34,36H,13-16,30-32H2,1-2H3,(H,33,38)(H,35,39)/t22-,23-,24-,28?,29?/m0/s1. The van der Waals surface area contributed by atoms with E-state index in [0.717, 1.165) is 22.1 Å². The second-order valence-corrected chi connectivity index (χ2v) is 10.1. The number of ketones is 1. The van der Waals surface area contributed by atoms with Crippen LogP contribution in [0.4, 0.5) is 0 Å². The van der Waals surface area contributed by atoms with Gasteiger partial charge in [-0.2, -0.15) is 0 Å². The van der Waals surface area contributed by atoms with Gasteiger partial charge in [-0.25, -0.2) is 0 Å². The molecular formula is C29H40N6O5S. The average molecular weight is 585 g/mol. The third-order valence-corrected chi connectivity index (χ3v) is 6.23. The molecule has 12 heteroatoms. The number of carbonyl (C=O) groups excluding carboxylic acids is 3. The molecule has 0 saturated carbocycles. The van der Waals surface area contributed by atoms with Crippen molar-refractivity contribution in [2.75, 3.05) is 13.1 Å². The van der Waals surface area contributed by atoms with E-state index in [4.69, 9.17) is 34.2 Å². The minimum absolute atomic E-state index is 0.127. The van der Waals surface area contributed by atoms with E-state index in [-0.39, 0.29) is 25.3 Å². The minimum atomic E-state index is -0.914. The van der Waals surface area contributed by atoms with Gasteiger partial charge < -0.3 is 37.7 Å². The van der Waals surface area contributed by atoms with Crippen LogP contribution in [0.1, 0.15) is 25.0 Å². The smallest absolute Gasteiger partial charge is 0.240 e. The Balaban J connectivity index is 1.96. The molecule has 0 aliphatic carbocycles. The van der Waals surface area contributed by atoms with Crippen LogP contribution in [0.3, 0.4) is 0 Å². The number of rotatable bonds is 17. The molecule has 0 bridgehead atoms. The maximum Gasteiger partial charge on any atom is 0.240 e. The molecule has 0 saturated heterocycles. The van der Waals surface area contributed by atoms with Gasteiger partial charge in [0.1, 0.15) is 18.2 Å². The lowest BCUT2D eigenvalue weighted by Gasteiger charge is -2.30. The summed E-state index contributed by atoms with van der Waals surface area (Å²) in [7, 11) is 0. The van der Waals surface area contributed by atoms with Gasteiger partial charge in [0.05, 0.1) is 25.2 Å². The summed E-state index contributed by atoms with van der Waals surface area (Å²) in [5.74, 6) is -1.33. The van der Waals surface area contributed by atoms with Crippen molar-refractivity contribution in [1.29, 1.82) is 0 Å². The third kappa shape index (κ3) is 12.7. The topological polar surface area (TPSA) is 195 Å². The fourth-order valence-corrected chi connectivity index (χ4v) is 4.05. The highest BCUT2D eigenvalue weighted by atomic mass is 32.1. The molecule has 0 heterocycles. The van der Waals surface area contributed by atoms with Crippen molar-refractivity contribution in [3.63, 3.8) is 0 Å². The summed E-state index contributed by atoms with van der Waals surface area (Å²) in [5, 5.41) is 18.6. The Labute approximate surface area is 245 Å². The molecule has 11 nitrogen and oxygen atoms in total. The van der Waals surface area contributed by atoms with Crippen molar-refractivity contribution >= 4 is 35.2 Å². The van der Waals surface area contributed by atoms with E-state index in [1.807, 2.05) is 44.2 Å². The number of benzene rings is 2. The van der Waals surface area contributed by atoms with E-state index in [0.29, 0.717) is 6.42 Å². The van der Waals surface area contributed by atoms with Crippen LogP contribution in [0.5, 0.6) is 5.75 Å². The summed E-state index contributed by atoms with van der Waals surface area (Å²) in [6.07, 6.45) is 0.593. The van der Waals surface area contributed by atoms with E-state index >= 15 is 0 Å². The number of hydrogen-bond donors (Lipinski definition) is 7. The first-order valence-electron chi connectivity index (χ1n) is 13.2. The van der Waals surface area contributed by atoms with Gasteiger partial charge in [0.2, 0.25) is 11.8 Å². The molecule has 0 aliphatic heterocycles. The van der Waals surface area contributed by atoms with Crippen molar-refractivity contribution in [1.82, 2.24) is 16.0 Å². The number of carbonyl (C=O) groups is 3. The Bertz CT molecular complexity index is 1170. The SMILES string of the molecule is CC(C)=C[C@H](N)C(N)OC(NCC(=O)NCC(=O)N[C@@H](Cc1ccccc1)C(=O)C=S)[C@@H](N)Cc1ccc(O)cc1. The van der Waals surface area contributed by atoms with Crippen molar-refractivity contribution < 1.29 is 24.2 Å². The summed E-state index contributed by atoms with van der Waals surface area (Å²) >= 11 is 4.76. The fraction of sp³-hybridized carbons (Fsp3) is 0.379. The van der Waals surface area contributed by atoms with Crippen LogP contribution in [-0.2, 0) is 32.0 Å². The summed E-state index contributed by atoms with van der Waals surface area (Å²) in [5.41, 5.74) is 21.3. The molecule has 0 fully saturated rings. The molecule has 0 radical (unpaired) electrons. The van der Waals surface area contributed by atoms with Gasteiger partial charge in [-0.05, 0) is 43.5 Å². The molecule has 0 aromatic heterocycles. The fourth-order valence-electron chi connectivity index (χ4n) is 3.89. The van der Waals surface area contributed by atoms with E-state index < -0.39 is 48.2 Å². The monoisotopic (exact) mass is 584 g/mol. The van der Waals surface area contributed by atoms with Crippen LogP contribution in [-0.4, -0.2) is 71.7 Å². The number of nitrogens with two attached hydrogens (primary N) is 3. The molecule has 222 valence electrons. The lowest BCUT2D eigenvalue weighted by molar-refractivity contribution is -0.127. The van der Waals surface area contributed by atoms with Crippen LogP contribution >= 0.6 is 12.2 Å². The zero-order valence-corrected chi connectivity index (χ0v) is 24.1. The van der Waals surface area contributed by atoms with Crippen LogP contribution in [0.15, 0.2) is 66.2 Å². The highest BCUT2D eigenvalue weighted by Crippen LogP contribution is 2.13. The highest BCUT2D eigenvalue weighted by Gasteiger charge is 2.25. The van der Waals surface area contributed by atoms with Gasteiger partial charge in [-0.15, -0.1) is 0 Å². The van der Waals surface area contributed by atoms with Gasteiger partial charge in [-0.1, -0.05) is 66.3 Å². The quantitative estimate of drug-likeness (QED) is 0.0766. The van der Waals surface area contributed by atoms with Crippen LogP contribution in [0.25, 0.3) is 0 Å². The molecule has 2 unspecified atom stereocenters. The molecule has 5 atom stereocenters. The van der Waals surface area contributed by atoms with E-state index in [9.17, 15) is 19.5 Å². The molecule has 2 rings (SSSR count). The Morgan fingerprint density at radius 2 is 1.56 bits per heavy atom. The predicted octanol–water partition coefficient (Wildman–Crippen LogP) is 0.185. The van der Waals surface area contributed by atoms with Gasteiger partial charge in [0.15, 0.2) is 5.78 Å². The maximum absolute atomic E-state index is 12.6. The zero-order chi connectivity index (χ0) is 30.4. The van der Waals surface area contributed by atoms with Gasteiger partial charge in [-0.3, -0.25) is 19.7 Å².